The number of fused-ring (bicyclic) bond motifs is 1. The molecule has 10 heteroatoms. The molecule has 43 heavy (non-hydrogen) atoms. The van der Waals surface area contributed by atoms with Gasteiger partial charge in [-0.15, -0.1) is 0 Å². The molecule has 0 unspecified atom stereocenters. The Kier molecular flexibility index (Phi) is 8.58. The van der Waals surface area contributed by atoms with Gasteiger partial charge in [0.2, 0.25) is 0 Å². The van der Waals surface area contributed by atoms with Crippen LogP contribution in [0.15, 0.2) is 82.8 Å². The van der Waals surface area contributed by atoms with Crippen LogP contribution in [0.25, 0.3) is 16.8 Å². The van der Waals surface area contributed by atoms with Crippen LogP contribution in [-0.4, -0.2) is 37.5 Å². The first-order chi connectivity index (χ1) is 20.7. The number of hydrogen-bond donors (Lipinski definition) is 1. The molecule has 1 fully saturated rings. The summed E-state index contributed by atoms with van der Waals surface area (Å²) in [6, 6.07) is 20.4. The predicted octanol–water partition coefficient (Wildman–Crippen LogP) is 6.34. The number of methoxy groups -OCH3 is 1. The van der Waals surface area contributed by atoms with Crippen molar-refractivity contribution in [2.24, 2.45) is 0 Å². The second kappa shape index (κ2) is 12.5. The summed E-state index contributed by atoms with van der Waals surface area (Å²) >= 11 is 3.54. The maximum absolute atomic E-state index is 13.4. The molecule has 0 atom stereocenters. The number of ether oxygens (including phenoxy) is 3. The first kappa shape index (κ1) is 29.5. The van der Waals surface area contributed by atoms with Crippen LogP contribution < -0.4 is 19.7 Å². The van der Waals surface area contributed by atoms with Gasteiger partial charge in [-0.2, -0.15) is 0 Å². The SMILES string of the molecule is CCOC(=O)c1ccc(N2C(=O)NC(=O)/C(=C\c3cc(Br)c(OCc4c(C)ccc5ccccc45)c(OC)c3)C2=O)cc1. The average Bonchev–Trinajstić information content (AvgIpc) is 2.99. The minimum Gasteiger partial charge on any atom is -0.493 e. The maximum Gasteiger partial charge on any atom is 0.338 e. The number of halogens is 1. The van der Waals surface area contributed by atoms with E-state index in [1.807, 2.05) is 25.1 Å². The number of urea groups is 1. The van der Waals surface area contributed by atoms with Gasteiger partial charge in [0.15, 0.2) is 11.5 Å². The van der Waals surface area contributed by atoms with Crippen LogP contribution in [0.5, 0.6) is 11.5 Å². The third-order valence-electron chi connectivity index (χ3n) is 6.94. The smallest absolute Gasteiger partial charge is 0.338 e. The van der Waals surface area contributed by atoms with Crippen LogP contribution in [0.2, 0.25) is 0 Å². The lowest BCUT2D eigenvalue weighted by atomic mass is 10.0. The number of hydrogen-bond acceptors (Lipinski definition) is 7. The number of rotatable bonds is 8. The van der Waals surface area contributed by atoms with Gasteiger partial charge in [0.25, 0.3) is 11.8 Å². The van der Waals surface area contributed by atoms with E-state index in [1.165, 1.54) is 37.5 Å². The number of amides is 4. The summed E-state index contributed by atoms with van der Waals surface area (Å²) in [5.41, 5.74) is 2.78. The largest absolute Gasteiger partial charge is 0.493 e. The van der Waals surface area contributed by atoms with Gasteiger partial charge < -0.3 is 14.2 Å². The summed E-state index contributed by atoms with van der Waals surface area (Å²) in [6.07, 6.45) is 1.37. The van der Waals surface area contributed by atoms with Crippen LogP contribution in [0.1, 0.15) is 34.0 Å². The standard InChI is InChI=1S/C33H27BrN2O7/c1-4-42-32(39)22-11-13-23(14-12-22)36-31(38)25(30(37)35-33(36)40)15-20-16-27(34)29(28(17-20)41-3)43-18-26-19(2)9-10-21-7-5-6-8-24(21)26/h5-17H,4,18H2,1-3H3,(H,35,37,40)/b25-15+. The van der Waals surface area contributed by atoms with Crippen LogP contribution in [0, 0.1) is 6.92 Å². The van der Waals surface area contributed by atoms with E-state index in [2.05, 4.69) is 39.4 Å². The van der Waals surface area contributed by atoms with Gasteiger partial charge >= 0.3 is 12.0 Å². The average molecular weight is 643 g/mol. The molecule has 9 nitrogen and oxygen atoms in total. The van der Waals surface area contributed by atoms with Gasteiger partial charge in [-0.05, 0) is 94.2 Å². The molecule has 0 spiro atoms. The van der Waals surface area contributed by atoms with Crippen LogP contribution >= 0.6 is 15.9 Å². The highest BCUT2D eigenvalue weighted by molar-refractivity contribution is 9.10. The molecule has 0 bridgehead atoms. The lowest BCUT2D eigenvalue weighted by Gasteiger charge is -2.26. The third kappa shape index (κ3) is 6.00. The van der Waals surface area contributed by atoms with E-state index in [9.17, 15) is 19.2 Å². The minimum atomic E-state index is -0.901. The van der Waals surface area contributed by atoms with Gasteiger partial charge in [0.1, 0.15) is 12.2 Å². The highest BCUT2D eigenvalue weighted by atomic mass is 79.9. The number of carbonyl (C=O) groups is 4. The Morgan fingerprint density at radius 3 is 2.47 bits per heavy atom. The lowest BCUT2D eigenvalue weighted by molar-refractivity contribution is -0.122. The molecule has 1 N–H and O–H groups in total. The fourth-order valence-corrected chi connectivity index (χ4v) is 5.34. The third-order valence-corrected chi connectivity index (χ3v) is 7.53. The lowest BCUT2D eigenvalue weighted by Crippen LogP contribution is -2.54. The number of nitrogens with zero attached hydrogens (tertiary/aromatic N) is 1. The molecular formula is C33H27BrN2O7. The zero-order valence-electron chi connectivity index (χ0n) is 23.6. The summed E-state index contributed by atoms with van der Waals surface area (Å²) in [4.78, 5) is 51.6. The summed E-state index contributed by atoms with van der Waals surface area (Å²) < 4.78 is 17.3. The van der Waals surface area contributed by atoms with E-state index in [4.69, 9.17) is 14.2 Å². The second-order valence-electron chi connectivity index (χ2n) is 9.63. The van der Waals surface area contributed by atoms with Gasteiger partial charge in [-0.3, -0.25) is 14.9 Å². The van der Waals surface area contributed by atoms with E-state index in [1.54, 1.807) is 19.1 Å². The summed E-state index contributed by atoms with van der Waals surface area (Å²) in [5, 5.41) is 4.40. The monoisotopic (exact) mass is 642 g/mol. The summed E-state index contributed by atoms with van der Waals surface area (Å²) in [7, 11) is 1.49. The number of benzene rings is 4. The molecule has 218 valence electrons. The van der Waals surface area contributed by atoms with E-state index < -0.39 is 23.8 Å². The van der Waals surface area contributed by atoms with E-state index in [0.717, 1.165) is 26.8 Å². The quantitative estimate of drug-likeness (QED) is 0.136. The van der Waals surface area contributed by atoms with Crippen molar-refractivity contribution in [3.63, 3.8) is 0 Å². The molecule has 0 aromatic heterocycles. The van der Waals surface area contributed by atoms with Crippen molar-refractivity contribution in [1.29, 1.82) is 0 Å². The van der Waals surface area contributed by atoms with E-state index in [-0.39, 0.29) is 30.0 Å². The Labute approximate surface area is 256 Å². The Bertz CT molecular complexity index is 1800. The summed E-state index contributed by atoms with van der Waals surface area (Å²) in [5.74, 6) is -1.35. The highest BCUT2D eigenvalue weighted by Crippen LogP contribution is 2.38. The van der Waals surface area contributed by atoms with Gasteiger partial charge in [-0.1, -0.05) is 36.4 Å². The van der Waals surface area contributed by atoms with Crippen LogP contribution in [-0.2, 0) is 20.9 Å². The number of anilines is 1. The van der Waals surface area contributed by atoms with Crippen molar-refractivity contribution in [3.05, 3.63) is 105 Å². The molecule has 4 aromatic rings. The van der Waals surface area contributed by atoms with Crippen molar-refractivity contribution in [1.82, 2.24) is 5.32 Å². The second-order valence-corrected chi connectivity index (χ2v) is 10.5. The maximum atomic E-state index is 13.4. The Hall–Kier alpha value is -4.96. The normalized spacial score (nSPS) is 14.2. The molecule has 1 saturated heterocycles. The van der Waals surface area contributed by atoms with Crippen LogP contribution in [0.3, 0.4) is 0 Å². The van der Waals surface area contributed by atoms with Crippen molar-refractivity contribution in [3.8, 4) is 11.5 Å². The van der Waals surface area contributed by atoms with Crippen molar-refractivity contribution in [2.75, 3.05) is 18.6 Å². The molecule has 1 aliphatic heterocycles. The van der Waals surface area contributed by atoms with Crippen molar-refractivity contribution in [2.45, 2.75) is 20.5 Å². The van der Waals surface area contributed by atoms with Gasteiger partial charge in [0, 0.05) is 5.56 Å². The number of esters is 1. The molecule has 4 amide bonds. The van der Waals surface area contributed by atoms with Crippen molar-refractivity contribution >= 4 is 62.3 Å². The zero-order valence-corrected chi connectivity index (χ0v) is 25.2. The Balaban J connectivity index is 1.42. The first-order valence-corrected chi connectivity index (χ1v) is 14.2. The number of nitrogens with one attached hydrogen (secondary N) is 1. The van der Waals surface area contributed by atoms with Gasteiger partial charge in [0.05, 0.1) is 29.4 Å². The topological polar surface area (TPSA) is 111 Å². The van der Waals surface area contributed by atoms with E-state index >= 15 is 0 Å². The molecule has 1 heterocycles. The number of carbonyl (C=O) groups excluding carboxylic acids is 4. The van der Waals surface area contributed by atoms with E-state index in [0.29, 0.717) is 21.5 Å². The minimum absolute atomic E-state index is 0.181. The molecular weight excluding hydrogens is 616 g/mol. The number of barbiturate groups is 1. The van der Waals surface area contributed by atoms with Crippen LogP contribution in [0.4, 0.5) is 10.5 Å². The summed E-state index contributed by atoms with van der Waals surface area (Å²) in [6.45, 7) is 4.22. The molecule has 0 radical (unpaired) electrons. The molecule has 0 aliphatic carbocycles. The number of imide groups is 2. The Morgan fingerprint density at radius 2 is 1.74 bits per heavy atom. The van der Waals surface area contributed by atoms with Gasteiger partial charge in [-0.25, -0.2) is 14.5 Å². The molecule has 0 saturated carbocycles. The predicted molar refractivity (Wildman–Crippen MR) is 165 cm³/mol. The first-order valence-electron chi connectivity index (χ1n) is 13.4. The molecule has 5 rings (SSSR count). The van der Waals surface area contributed by atoms with Crippen molar-refractivity contribution < 1.29 is 33.4 Å². The number of aryl methyl sites for hydroxylation is 1. The zero-order chi connectivity index (χ0) is 30.7. The molecule has 4 aromatic carbocycles. The fourth-order valence-electron chi connectivity index (χ4n) is 4.76. The molecule has 1 aliphatic rings. The highest BCUT2D eigenvalue weighted by Gasteiger charge is 2.37. The Morgan fingerprint density at radius 1 is 1.00 bits per heavy atom. The fraction of sp³-hybridized carbons (Fsp3) is 0.152.